The Bertz CT molecular complexity index is 7000. The van der Waals surface area contributed by atoms with Crippen molar-refractivity contribution in [2.24, 2.45) is 7.05 Å². The SMILES string of the molecule is CCCCc1c(O)n2c(nc3ccccc32)[nH]c1=O.CCOC(=O)Cc1cc(=O)n2c(nc3ccccc32)[nH]1.CCc1c(C)n(C)c2nc3ccccc3n2c1=O.COC(=O)Cc1cc(=O)n2c(nc3ccccc32)[nH]1.COCc1cc(=O)n2c(nc3ccccc32)[nH]1.O=C(O)Cc1cc(=O)n2c(nc3ccccc32)[nH]1. The van der Waals surface area contributed by atoms with Gasteiger partial charge in [0.1, 0.15) is 0 Å². The van der Waals surface area contributed by atoms with Gasteiger partial charge in [-0.15, -0.1) is 0 Å². The number of hydrogen-bond acceptors (Lipinski definition) is 19. The Labute approximate surface area is 625 Å². The van der Waals surface area contributed by atoms with E-state index in [0.717, 1.165) is 91.4 Å². The molecule has 0 fully saturated rings. The Hall–Kier alpha value is -14.4. The number of aromatic nitrogens is 18. The monoisotopic (exact) mass is 1500 g/mol. The van der Waals surface area contributed by atoms with E-state index in [4.69, 9.17) is 14.6 Å². The van der Waals surface area contributed by atoms with Crippen LogP contribution in [0.3, 0.4) is 0 Å². The van der Waals surface area contributed by atoms with E-state index in [1.165, 1.54) is 44.6 Å². The molecule has 32 nitrogen and oxygen atoms in total. The van der Waals surface area contributed by atoms with Crippen molar-refractivity contribution in [3.8, 4) is 5.88 Å². The number of H-pyrrole nitrogens is 5. The quantitative estimate of drug-likeness (QED) is 0.0531. The van der Waals surface area contributed by atoms with Crippen LogP contribution in [0.5, 0.6) is 5.88 Å². The first-order valence-electron chi connectivity index (χ1n) is 35.3. The lowest BCUT2D eigenvalue weighted by atomic mass is 10.1. The summed E-state index contributed by atoms with van der Waals surface area (Å²) in [5.74, 6) is 1.07. The number of carboxylic acids is 1. The molecule has 0 atom stereocenters. The van der Waals surface area contributed by atoms with Crippen LogP contribution in [-0.4, -0.2) is 135 Å². The number of imidazole rings is 6. The van der Waals surface area contributed by atoms with E-state index in [2.05, 4.69) is 66.5 Å². The van der Waals surface area contributed by atoms with Crippen molar-refractivity contribution < 1.29 is 38.8 Å². The van der Waals surface area contributed by atoms with Gasteiger partial charge in [-0.25, -0.2) is 56.3 Å². The molecule has 0 saturated heterocycles. The predicted molar refractivity (Wildman–Crippen MR) is 417 cm³/mol. The molecule has 12 heterocycles. The molecule has 0 unspecified atom stereocenters. The average Bonchev–Trinajstić information content (AvgIpc) is 1.62. The molecule has 6 aromatic carbocycles. The van der Waals surface area contributed by atoms with Crippen molar-refractivity contribution >= 4 is 119 Å². The molecule has 32 heteroatoms. The molecule has 564 valence electrons. The third-order valence-electron chi connectivity index (χ3n) is 18.2. The van der Waals surface area contributed by atoms with Gasteiger partial charge in [-0.05, 0) is 106 Å². The number of aryl methyl sites for hydroxylation is 1. The summed E-state index contributed by atoms with van der Waals surface area (Å²) in [6, 6.07) is 50.3. The lowest BCUT2D eigenvalue weighted by molar-refractivity contribution is -0.142. The van der Waals surface area contributed by atoms with E-state index < -0.39 is 11.9 Å². The maximum atomic E-state index is 12.5. The Morgan fingerprint density at radius 1 is 0.441 bits per heavy atom. The summed E-state index contributed by atoms with van der Waals surface area (Å²) in [6.07, 6.45) is 2.97. The van der Waals surface area contributed by atoms with Crippen molar-refractivity contribution in [2.45, 2.75) is 79.2 Å². The van der Waals surface area contributed by atoms with Crippen LogP contribution >= 0.6 is 0 Å². The predicted octanol–water partition coefficient (Wildman–Crippen LogP) is 8.58. The number of aromatic hydroxyl groups is 1. The van der Waals surface area contributed by atoms with Gasteiger partial charge < -0.3 is 48.9 Å². The van der Waals surface area contributed by atoms with Crippen LogP contribution in [0, 0.1) is 6.92 Å². The molecular weight excluding hydrogens is 1420 g/mol. The van der Waals surface area contributed by atoms with E-state index >= 15 is 0 Å². The topological polar surface area (TPSA) is 409 Å². The number of nitrogens with one attached hydrogen (secondary N) is 5. The van der Waals surface area contributed by atoms with E-state index in [1.807, 2.05) is 159 Å². The molecule has 7 N–H and O–H groups in total. The lowest BCUT2D eigenvalue weighted by Gasteiger charge is -2.10. The molecule has 0 aliphatic rings. The Morgan fingerprint density at radius 2 is 0.793 bits per heavy atom. The standard InChI is InChI=1S/C14H13N3O3.C14H15N3O2.C14H15N3O.C13H11N3O3.C12H9N3O3.C12H11N3O2/c1-2-20-13(19)8-9-7-12(18)17-11-6-4-3-5-10(11)16-14(17)15-9;1-2-3-6-9-12(18)16-14-15-10-7-4-5-8-11(10)17(14)13(9)19;1-4-10-9(2)16(3)14-15-11-7-5-6-8-12(11)17(14)13(10)18;1-19-12(18)7-8-6-11(17)16-10-5-3-2-4-9(10)15-13(16)14-8;16-10-5-7(6-11(17)18)13-12-14-8-3-1-2-4-9(8)15(10)12;1-17-7-8-6-11(16)15-10-5-3-2-4-9(10)14-12(15)13-8/h3-7H,2,8H2,1H3,(H,15,16);4-5,7-8,19H,2-3,6H2,1H3,(H,15,16,18);5-8H,4H2,1-3H3;2-6H,7H2,1H3,(H,14,15);1-5H,6H2,(H,13,14)(H,17,18);2-6H,7H2,1H3,(H,13,14). The van der Waals surface area contributed by atoms with Crippen LogP contribution in [0.4, 0.5) is 0 Å². The smallest absolute Gasteiger partial charge is 0.311 e. The number of aromatic amines is 5. The molecule has 0 aliphatic carbocycles. The summed E-state index contributed by atoms with van der Waals surface area (Å²) < 4.78 is 25.7. The van der Waals surface area contributed by atoms with Gasteiger partial charge in [0.25, 0.3) is 33.4 Å². The van der Waals surface area contributed by atoms with Gasteiger partial charge in [0.05, 0.1) is 111 Å². The molecule has 12 aromatic heterocycles. The minimum atomic E-state index is -0.994. The van der Waals surface area contributed by atoms with Crippen LogP contribution in [0.25, 0.3) is 101 Å². The fourth-order valence-electron chi connectivity index (χ4n) is 13.0. The zero-order valence-corrected chi connectivity index (χ0v) is 61.1. The third-order valence-corrected chi connectivity index (χ3v) is 18.2. The molecule has 0 saturated carbocycles. The average molecular weight is 1500 g/mol. The summed E-state index contributed by atoms with van der Waals surface area (Å²) in [5, 5.41) is 19.1. The first kappa shape index (κ1) is 74.8. The number of nitrogens with zero attached hydrogens (tertiary/aromatic N) is 13. The molecule has 0 aliphatic heterocycles. The number of carbonyl (C=O) groups excluding carboxylic acids is 2. The summed E-state index contributed by atoms with van der Waals surface area (Å²) in [6.45, 7) is 8.46. The minimum Gasteiger partial charge on any atom is -0.494 e. The fraction of sp³-hybridized carbons (Fsp3) is 0.203. The number of fused-ring (bicyclic) bond motifs is 18. The highest BCUT2D eigenvalue weighted by molar-refractivity contribution is 5.84. The van der Waals surface area contributed by atoms with Gasteiger partial charge in [-0.2, -0.15) is 0 Å². The molecular formula is C79H74N18O14. The van der Waals surface area contributed by atoms with Crippen molar-refractivity contribution in [3.05, 3.63) is 272 Å². The number of carboxylic acid groups (broad SMARTS) is 1. The van der Waals surface area contributed by atoms with Gasteiger partial charge in [0, 0.05) is 72.5 Å². The lowest BCUT2D eigenvalue weighted by Crippen LogP contribution is -2.23. The second-order valence-corrected chi connectivity index (χ2v) is 25.4. The number of aliphatic carboxylic acids is 1. The van der Waals surface area contributed by atoms with Crippen LogP contribution < -0.4 is 33.4 Å². The van der Waals surface area contributed by atoms with Crippen LogP contribution in [-0.2, 0) is 74.4 Å². The van der Waals surface area contributed by atoms with Gasteiger partial charge in [-0.1, -0.05) is 93.1 Å². The number of unbranched alkanes of at least 4 members (excludes halogenated alkanes) is 1. The van der Waals surface area contributed by atoms with Gasteiger partial charge in [0.15, 0.2) is 0 Å². The number of hydrogen-bond donors (Lipinski definition) is 7. The Morgan fingerprint density at radius 3 is 1.17 bits per heavy atom. The van der Waals surface area contributed by atoms with Gasteiger partial charge in [0.2, 0.25) is 40.5 Å². The number of methoxy groups -OCH3 is 2. The summed E-state index contributed by atoms with van der Waals surface area (Å²) in [4.78, 5) is 147. The molecule has 0 amide bonds. The van der Waals surface area contributed by atoms with Crippen LogP contribution in [0.15, 0.2) is 199 Å². The number of benzene rings is 6. The van der Waals surface area contributed by atoms with E-state index in [-0.39, 0.29) is 64.5 Å². The molecule has 0 spiro atoms. The van der Waals surface area contributed by atoms with E-state index in [9.17, 15) is 48.3 Å². The highest BCUT2D eigenvalue weighted by Crippen LogP contribution is 2.24. The summed E-state index contributed by atoms with van der Waals surface area (Å²) in [5.41, 5.74) is 12.5. The van der Waals surface area contributed by atoms with Crippen molar-refractivity contribution in [1.29, 1.82) is 0 Å². The third kappa shape index (κ3) is 15.3. The van der Waals surface area contributed by atoms with Gasteiger partial charge in [-0.3, -0.25) is 48.1 Å². The summed E-state index contributed by atoms with van der Waals surface area (Å²) >= 11 is 0. The van der Waals surface area contributed by atoms with E-state index in [0.29, 0.717) is 88.0 Å². The van der Waals surface area contributed by atoms with Crippen molar-refractivity contribution in [1.82, 2.24) is 85.8 Å². The van der Waals surface area contributed by atoms with Crippen molar-refractivity contribution in [2.75, 3.05) is 20.8 Å². The highest BCUT2D eigenvalue weighted by atomic mass is 16.5. The number of para-hydroxylation sites is 12. The number of ether oxygens (including phenoxy) is 3. The molecule has 0 radical (unpaired) electrons. The van der Waals surface area contributed by atoms with Crippen LogP contribution in [0.1, 0.15) is 73.2 Å². The first-order chi connectivity index (χ1) is 53.7. The largest absolute Gasteiger partial charge is 0.494 e. The molecule has 0 bridgehead atoms. The molecule has 18 rings (SSSR count). The van der Waals surface area contributed by atoms with Crippen molar-refractivity contribution in [3.63, 3.8) is 0 Å². The zero-order chi connectivity index (χ0) is 78.3. The Kier molecular flexibility index (Phi) is 21.8. The molecule has 111 heavy (non-hydrogen) atoms. The second kappa shape index (κ2) is 32.3. The zero-order valence-electron chi connectivity index (χ0n) is 61.1. The number of carbonyl (C=O) groups is 3. The molecule has 18 aromatic rings. The number of esters is 2. The fourth-order valence-corrected chi connectivity index (χ4v) is 13.0. The summed E-state index contributed by atoms with van der Waals surface area (Å²) in [7, 11) is 4.85. The maximum Gasteiger partial charge on any atom is 0.311 e. The van der Waals surface area contributed by atoms with E-state index in [1.54, 1.807) is 39.4 Å². The first-order valence-corrected chi connectivity index (χ1v) is 35.3. The maximum absolute atomic E-state index is 12.5. The highest BCUT2D eigenvalue weighted by Gasteiger charge is 2.19. The number of rotatable bonds is 13. The minimum absolute atomic E-state index is 0.000833. The van der Waals surface area contributed by atoms with Crippen LogP contribution in [0.2, 0.25) is 0 Å². The normalized spacial score (nSPS) is 11.2. The van der Waals surface area contributed by atoms with Gasteiger partial charge >= 0.3 is 17.9 Å². The second-order valence-electron chi connectivity index (χ2n) is 25.4. The Balaban J connectivity index is 0.000000117.